The first-order valence-electron chi connectivity index (χ1n) is 9.28. The lowest BCUT2D eigenvalue weighted by molar-refractivity contribution is -0.255. The van der Waals surface area contributed by atoms with Gasteiger partial charge in [0.2, 0.25) is 0 Å². The van der Waals surface area contributed by atoms with Crippen LogP contribution in [0.2, 0.25) is 0 Å². The monoisotopic (exact) mass is 332 g/mol. The molecular formula is C20H28O4. The third kappa shape index (κ3) is 1.84. The van der Waals surface area contributed by atoms with Gasteiger partial charge in [0.05, 0.1) is 23.0 Å². The summed E-state index contributed by atoms with van der Waals surface area (Å²) in [7, 11) is 0. The molecule has 0 bridgehead atoms. The van der Waals surface area contributed by atoms with Crippen molar-refractivity contribution < 1.29 is 19.4 Å². The molecule has 3 aliphatic carbocycles. The first-order chi connectivity index (χ1) is 11.1. The van der Waals surface area contributed by atoms with Crippen molar-refractivity contribution in [2.24, 2.45) is 28.6 Å². The summed E-state index contributed by atoms with van der Waals surface area (Å²) in [5.41, 5.74) is -0.0344. The molecule has 132 valence electrons. The van der Waals surface area contributed by atoms with Gasteiger partial charge in [0, 0.05) is 5.92 Å². The minimum Gasteiger partial charge on any atom is -0.481 e. The predicted molar refractivity (Wildman–Crippen MR) is 89.4 cm³/mol. The van der Waals surface area contributed by atoms with E-state index in [-0.39, 0.29) is 40.7 Å². The second-order valence-electron chi connectivity index (χ2n) is 9.40. The van der Waals surface area contributed by atoms with Crippen LogP contribution < -0.4 is 0 Å². The van der Waals surface area contributed by atoms with Gasteiger partial charge >= 0.3 is 5.97 Å². The molecule has 1 heterocycles. The van der Waals surface area contributed by atoms with Gasteiger partial charge in [0.1, 0.15) is 0 Å². The molecule has 2 saturated carbocycles. The first-order valence-corrected chi connectivity index (χ1v) is 9.28. The first kappa shape index (κ1) is 16.3. The zero-order valence-electron chi connectivity index (χ0n) is 15.1. The van der Waals surface area contributed by atoms with E-state index in [4.69, 9.17) is 4.74 Å². The Balaban J connectivity index is 1.76. The van der Waals surface area contributed by atoms with Crippen LogP contribution in [0.1, 0.15) is 59.8 Å². The lowest BCUT2D eigenvalue weighted by Crippen LogP contribution is -2.66. The van der Waals surface area contributed by atoms with Crippen molar-refractivity contribution in [3.05, 3.63) is 11.6 Å². The lowest BCUT2D eigenvalue weighted by atomic mass is 9.45. The van der Waals surface area contributed by atoms with Crippen LogP contribution in [0, 0.1) is 28.6 Å². The van der Waals surface area contributed by atoms with Crippen molar-refractivity contribution in [1.29, 1.82) is 0 Å². The van der Waals surface area contributed by atoms with E-state index in [9.17, 15) is 14.7 Å². The molecule has 4 aliphatic rings. The fraction of sp³-hybridized carbons (Fsp3) is 0.800. The van der Waals surface area contributed by atoms with Crippen LogP contribution >= 0.6 is 0 Å². The summed E-state index contributed by atoms with van der Waals surface area (Å²) < 4.78 is 6.12. The van der Waals surface area contributed by atoms with Gasteiger partial charge in [-0.1, -0.05) is 18.9 Å². The van der Waals surface area contributed by atoms with E-state index >= 15 is 0 Å². The van der Waals surface area contributed by atoms with E-state index in [2.05, 4.69) is 6.92 Å². The van der Waals surface area contributed by atoms with Gasteiger partial charge in [-0.3, -0.25) is 9.59 Å². The Bertz CT molecular complexity index is 648. The molecule has 0 spiro atoms. The highest BCUT2D eigenvalue weighted by Crippen LogP contribution is 2.64. The Morgan fingerprint density at radius 2 is 1.92 bits per heavy atom. The van der Waals surface area contributed by atoms with Gasteiger partial charge in [-0.05, 0) is 63.9 Å². The van der Waals surface area contributed by atoms with Crippen molar-refractivity contribution in [1.82, 2.24) is 0 Å². The van der Waals surface area contributed by atoms with Crippen molar-refractivity contribution in [2.45, 2.75) is 71.5 Å². The number of carboxylic acid groups (broad SMARTS) is 1. The summed E-state index contributed by atoms with van der Waals surface area (Å²) in [4.78, 5) is 24.8. The van der Waals surface area contributed by atoms with Gasteiger partial charge in [0.15, 0.2) is 5.78 Å². The molecule has 0 amide bonds. The summed E-state index contributed by atoms with van der Waals surface area (Å²) in [5.74, 6) is -0.124. The maximum atomic E-state index is 12.8. The van der Waals surface area contributed by atoms with Crippen LogP contribution in [0.15, 0.2) is 11.6 Å². The minimum atomic E-state index is -0.682. The molecule has 24 heavy (non-hydrogen) atoms. The molecule has 6 unspecified atom stereocenters. The predicted octanol–water partition coefficient (Wildman–Crippen LogP) is 3.60. The van der Waals surface area contributed by atoms with Crippen molar-refractivity contribution in [3.8, 4) is 0 Å². The molecule has 4 heteroatoms. The van der Waals surface area contributed by atoms with Gasteiger partial charge in [-0.2, -0.15) is 0 Å². The van der Waals surface area contributed by atoms with Crippen LogP contribution in [-0.2, 0) is 14.3 Å². The number of fused-ring (bicyclic) bond motifs is 5. The Hall–Kier alpha value is -1.16. The maximum absolute atomic E-state index is 12.8. The standard InChI is InChI=1S/C20H28O4/c1-18(2)15-13(21)10-12-11(16(15)24-18)6-7-14-19(12,3)8-5-9-20(14,4)17(22)23/h10-11,14-16H,5-9H2,1-4H3,(H,22,23). The van der Waals surface area contributed by atoms with E-state index < -0.39 is 11.4 Å². The Morgan fingerprint density at radius 1 is 1.21 bits per heavy atom. The molecule has 1 N–H and O–H groups in total. The van der Waals surface area contributed by atoms with Crippen LogP contribution in [-0.4, -0.2) is 28.6 Å². The Kier molecular flexibility index (Phi) is 3.21. The number of carbonyl (C=O) groups excluding carboxylic acids is 1. The van der Waals surface area contributed by atoms with Gasteiger partial charge in [0.25, 0.3) is 0 Å². The average Bonchev–Trinajstić information content (AvgIpc) is 2.46. The van der Waals surface area contributed by atoms with Crippen molar-refractivity contribution >= 4 is 11.8 Å². The number of ketones is 1. The fourth-order valence-corrected chi connectivity index (χ4v) is 6.53. The molecule has 1 aliphatic heterocycles. The number of hydrogen-bond acceptors (Lipinski definition) is 3. The van der Waals surface area contributed by atoms with E-state index in [0.717, 1.165) is 32.1 Å². The average molecular weight is 332 g/mol. The number of ether oxygens (including phenoxy) is 1. The minimum absolute atomic E-state index is 0.00304. The lowest BCUT2D eigenvalue weighted by Gasteiger charge is -2.62. The van der Waals surface area contributed by atoms with Crippen LogP contribution in [0.5, 0.6) is 0 Å². The second-order valence-corrected chi connectivity index (χ2v) is 9.40. The van der Waals surface area contributed by atoms with E-state index in [1.807, 2.05) is 26.8 Å². The van der Waals surface area contributed by atoms with E-state index in [1.165, 1.54) is 5.57 Å². The topological polar surface area (TPSA) is 63.6 Å². The second kappa shape index (κ2) is 4.72. The quantitative estimate of drug-likeness (QED) is 0.797. The summed E-state index contributed by atoms with van der Waals surface area (Å²) in [6.07, 6.45) is 6.39. The molecule has 0 radical (unpaired) electrons. The molecule has 1 saturated heterocycles. The third-order valence-electron chi connectivity index (χ3n) is 7.76. The third-order valence-corrected chi connectivity index (χ3v) is 7.76. The van der Waals surface area contributed by atoms with E-state index in [0.29, 0.717) is 0 Å². The van der Waals surface area contributed by atoms with Gasteiger partial charge in [-0.15, -0.1) is 0 Å². The van der Waals surface area contributed by atoms with Gasteiger partial charge < -0.3 is 9.84 Å². The summed E-state index contributed by atoms with van der Waals surface area (Å²) in [5, 5.41) is 9.86. The molecule has 3 fully saturated rings. The highest BCUT2D eigenvalue weighted by atomic mass is 16.5. The van der Waals surface area contributed by atoms with Crippen LogP contribution in [0.3, 0.4) is 0 Å². The maximum Gasteiger partial charge on any atom is 0.309 e. The summed E-state index contributed by atoms with van der Waals surface area (Å²) in [6.45, 7) is 8.11. The summed E-state index contributed by atoms with van der Waals surface area (Å²) >= 11 is 0. The molecule has 0 aromatic heterocycles. The SMILES string of the molecule is CC1(C)OC2C3CCC4C(C)(C(=O)O)CCCC4(C)C3=CC(=O)C21. The molecule has 6 atom stereocenters. The van der Waals surface area contributed by atoms with Crippen LogP contribution in [0.25, 0.3) is 0 Å². The number of aliphatic carboxylic acids is 1. The number of hydrogen-bond donors (Lipinski definition) is 1. The zero-order chi connectivity index (χ0) is 17.5. The number of rotatable bonds is 1. The highest BCUT2D eigenvalue weighted by Gasteiger charge is 2.64. The molecule has 4 nitrogen and oxygen atoms in total. The molecule has 4 rings (SSSR count). The number of carbonyl (C=O) groups is 2. The van der Waals surface area contributed by atoms with Crippen molar-refractivity contribution in [3.63, 3.8) is 0 Å². The van der Waals surface area contributed by atoms with Crippen molar-refractivity contribution in [2.75, 3.05) is 0 Å². The molecule has 0 aromatic carbocycles. The van der Waals surface area contributed by atoms with E-state index in [1.54, 1.807) is 0 Å². The Morgan fingerprint density at radius 3 is 2.54 bits per heavy atom. The molecule has 0 aromatic rings. The summed E-state index contributed by atoms with van der Waals surface area (Å²) in [6, 6.07) is 0. The largest absolute Gasteiger partial charge is 0.481 e. The zero-order valence-corrected chi connectivity index (χ0v) is 15.1. The normalized spacial score (nSPS) is 49.2. The Labute approximate surface area is 143 Å². The highest BCUT2D eigenvalue weighted by molar-refractivity contribution is 5.96. The smallest absolute Gasteiger partial charge is 0.309 e. The van der Waals surface area contributed by atoms with Crippen LogP contribution in [0.4, 0.5) is 0 Å². The fourth-order valence-electron chi connectivity index (χ4n) is 6.53. The molecular weight excluding hydrogens is 304 g/mol. The number of allylic oxidation sites excluding steroid dienone is 1. The number of carboxylic acids is 1. The van der Waals surface area contributed by atoms with Gasteiger partial charge in [-0.25, -0.2) is 0 Å².